The lowest BCUT2D eigenvalue weighted by atomic mass is 10.1. The van der Waals surface area contributed by atoms with Crippen molar-refractivity contribution in [3.63, 3.8) is 0 Å². The standard InChI is InChI=1S/C28H21FN4O/c29-22-17-15-21(16-18-22)28(34)31-25-14-8-7-13-24(25)30-27-19-26(20-9-3-1-4-10-20)32-33(27)23-11-5-2-6-12-23/h1-19,30H,(H,31,34). The van der Waals surface area contributed by atoms with Gasteiger partial charge in [0.15, 0.2) is 0 Å². The number of halogens is 1. The molecule has 6 heteroatoms. The summed E-state index contributed by atoms with van der Waals surface area (Å²) in [5.41, 5.74) is 4.39. The minimum absolute atomic E-state index is 0.323. The van der Waals surface area contributed by atoms with Gasteiger partial charge in [-0.2, -0.15) is 5.10 Å². The Morgan fingerprint density at radius 3 is 2.06 bits per heavy atom. The van der Waals surface area contributed by atoms with Gasteiger partial charge in [0, 0.05) is 17.2 Å². The molecule has 166 valence electrons. The predicted molar refractivity (Wildman–Crippen MR) is 133 cm³/mol. The van der Waals surface area contributed by atoms with Crippen LogP contribution in [0.25, 0.3) is 16.9 Å². The minimum atomic E-state index is -0.387. The zero-order valence-corrected chi connectivity index (χ0v) is 18.2. The first-order valence-electron chi connectivity index (χ1n) is 10.8. The lowest BCUT2D eigenvalue weighted by molar-refractivity contribution is 0.102. The summed E-state index contributed by atoms with van der Waals surface area (Å²) in [7, 11) is 0. The molecule has 34 heavy (non-hydrogen) atoms. The van der Waals surface area contributed by atoms with Crippen molar-refractivity contribution in [3.05, 3.63) is 127 Å². The van der Waals surface area contributed by atoms with Crippen molar-refractivity contribution in [2.75, 3.05) is 10.6 Å². The molecule has 1 amide bonds. The van der Waals surface area contributed by atoms with Crippen molar-refractivity contribution in [1.82, 2.24) is 9.78 Å². The van der Waals surface area contributed by atoms with E-state index in [2.05, 4.69) is 10.6 Å². The van der Waals surface area contributed by atoms with Gasteiger partial charge in [-0.25, -0.2) is 9.07 Å². The molecule has 0 bridgehead atoms. The van der Waals surface area contributed by atoms with Crippen molar-refractivity contribution < 1.29 is 9.18 Å². The molecule has 0 saturated carbocycles. The van der Waals surface area contributed by atoms with Gasteiger partial charge in [0.25, 0.3) is 5.91 Å². The minimum Gasteiger partial charge on any atom is -0.338 e. The zero-order valence-electron chi connectivity index (χ0n) is 18.2. The molecule has 0 radical (unpaired) electrons. The van der Waals surface area contributed by atoms with Crippen LogP contribution in [0.5, 0.6) is 0 Å². The number of carbonyl (C=O) groups excluding carboxylic acids is 1. The van der Waals surface area contributed by atoms with Crippen molar-refractivity contribution in [2.45, 2.75) is 0 Å². The summed E-state index contributed by atoms with van der Waals surface area (Å²) in [6.45, 7) is 0. The van der Waals surface area contributed by atoms with Gasteiger partial charge in [-0.3, -0.25) is 4.79 Å². The Balaban J connectivity index is 1.49. The topological polar surface area (TPSA) is 59.0 Å². The largest absolute Gasteiger partial charge is 0.338 e. The van der Waals surface area contributed by atoms with Gasteiger partial charge in [-0.05, 0) is 48.5 Å². The zero-order chi connectivity index (χ0) is 23.3. The molecular formula is C28H21FN4O. The number of aromatic nitrogens is 2. The number of rotatable bonds is 6. The highest BCUT2D eigenvalue weighted by molar-refractivity contribution is 6.06. The molecule has 1 heterocycles. The second kappa shape index (κ2) is 9.42. The van der Waals surface area contributed by atoms with Crippen LogP contribution in [0.15, 0.2) is 115 Å². The third-order valence-electron chi connectivity index (χ3n) is 5.32. The van der Waals surface area contributed by atoms with Gasteiger partial charge in [0.05, 0.1) is 22.8 Å². The highest BCUT2D eigenvalue weighted by Gasteiger charge is 2.14. The quantitative estimate of drug-likeness (QED) is 0.305. The van der Waals surface area contributed by atoms with Crippen LogP contribution in [0, 0.1) is 5.82 Å². The van der Waals surface area contributed by atoms with Crippen molar-refractivity contribution >= 4 is 23.1 Å². The maximum absolute atomic E-state index is 13.2. The van der Waals surface area contributed by atoms with E-state index in [-0.39, 0.29) is 11.7 Å². The van der Waals surface area contributed by atoms with Crippen LogP contribution < -0.4 is 10.6 Å². The molecule has 0 aliphatic rings. The van der Waals surface area contributed by atoms with Crippen molar-refractivity contribution in [1.29, 1.82) is 0 Å². The predicted octanol–water partition coefficient (Wildman–Crippen LogP) is 6.67. The monoisotopic (exact) mass is 448 g/mol. The summed E-state index contributed by atoms with van der Waals surface area (Å²) < 4.78 is 15.1. The average molecular weight is 449 g/mol. The Bertz CT molecular complexity index is 1410. The smallest absolute Gasteiger partial charge is 0.255 e. The van der Waals surface area contributed by atoms with Crippen LogP contribution in [0.3, 0.4) is 0 Å². The lowest BCUT2D eigenvalue weighted by Crippen LogP contribution is -2.13. The summed E-state index contributed by atoms with van der Waals surface area (Å²) in [5.74, 6) is 0.0336. The molecule has 5 nitrogen and oxygen atoms in total. The molecular weight excluding hydrogens is 427 g/mol. The molecule has 0 aliphatic heterocycles. The van der Waals surface area contributed by atoms with Gasteiger partial charge in [-0.1, -0.05) is 60.7 Å². The number of para-hydroxylation sites is 3. The van der Waals surface area contributed by atoms with E-state index in [1.165, 1.54) is 24.3 Å². The molecule has 5 rings (SSSR count). The fourth-order valence-electron chi connectivity index (χ4n) is 3.62. The molecule has 0 atom stereocenters. The van der Waals surface area contributed by atoms with Gasteiger partial charge in [-0.15, -0.1) is 0 Å². The highest BCUT2D eigenvalue weighted by atomic mass is 19.1. The van der Waals surface area contributed by atoms with E-state index in [1.54, 1.807) is 0 Å². The van der Waals surface area contributed by atoms with E-state index in [4.69, 9.17) is 5.10 Å². The van der Waals surface area contributed by atoms with E-state index >= 15 is 0 Å². The summed E-state index contributed by atoms with van der Waals surface area (Å²) >= 11 is 0. The first-order valence-corrected chi connectivity index (χ1v) is 10.8. The van der Waals surface area contributed by atoms with Crippen LogP contribution in [-0.2, 0) is 0 Å². The van der Waals surface area contributed by atoms with Crippen LogP contribution in [0.1, 0.15) is 10.4 Å². The normalized spacial score (nSPS) is 10.6. The number of nitrogens with one attached hydrogen (secondary N) is 2. The molecule has 5 aromatic rings. The number of anilines is 3. The van der Waals surface area contributed by atoms with E-state index in [1.807, 2.05) is 95.7 Å². The van der Waals surface area contributed by atoms with Gasteiger partial charge in [0.1, 0.15) is 11.6 Å². The van der Waals surface area contributed by atoms with Crippen LogP contribution in [0.2, 0.25) is 0 Å². The number of hydrogen-bond acceptors (Lipinski definition) is 3. The maximum Gasteiger partial charge on any atom is 0.255 e. The number of nitrogens with zero attached hydrogens (tertiary/aromatic N) is 2. The summed E-state index contributed by atoms with van der Waals surface area (Å²) in [4.78, 5) is 12.7. The van der Waals surface area contributed by atoms with Crippen molar-refractivity contribution in [2.24, 2.45) is 0 Å². The molecule has 0 saturated heterocycles. The summed E-state index contributed by atoms with van der Waals surface area (Å²) in [6.07, 6.45) is 0. The SMILES string of the molecule is O=C(Nc1ccccc1Nc1cc(-c2ccccc2)nn1-c1ccccc1)c1ccc(F)cc1. The third-order valence-corrected chi connectivity index (χ3v) is 5.32. The number of hydrogen-bond donors (Lipinski definition) is 2. The number of amides is 1. The fourth-order valence-corrected chi connectivity index (χ4v) is 3.62. The Labute approximate surface area is 196 Å². The fraction of sp³-hybridized carbons (Fsp3) is 0. The molecule has 2 N–H and O–H groups in total. The molecule has 0 unspecified atom stereocenters. The van der Waals surface area contributed by atoms with Crippen LogP contribution in [0.4, 0.5) is 21.6 Å². The van der Waals surface area contributed by atoms with Gasteiger partial charge >= 0.3 is 0 Å². The first kappa shape index (κ1) is 21.2. The van der Waals surface area contributed by atoms with E-state index < -0.39 is 0 Å². The molecule has 0 spiro atoms. The molecule has 4 aromatic carbocycles. The Kier molecular flexibility index (Phi) is 5.86. The van der Waals surface area contributed by atoms with E-state index in [0.29, 0.717) is 16.9 Å². The maximum atomic E-state index is 13.2. The Morgan fingerprint density at radius 2 is 1.35 bits per heavy atom. The molecule has 0 aliphatic carbocycles. The van der Waals surface area contributed by atoms with E-state index in [0.717, 1.165) is 22.8 Å². The van der Waals surface area contributed by atoms with Gasteiger partial charge in [0.2, 0.25) is 0 Å². The summed E-state index contributed by atoms with van der Waals surface area (Å²) in [6, 6.07) is 34.6. The Hall–Kier alpha value is -4.71. The highest BCUT2D eigenvalue weighted by Crippen LogP contribution is 2.30. The molecule has 0 fully saturated rings. The molecule has 1 aromatic heterocycles. The summed E-state index contributed by atoms with van der Waals surface area (Å²) in [5, 5.41) is 11.2. The van der Waals surface area contributed by atoms with Gasteiger partial charge < -0.3 is 10.6 Å². The van der Waals surface area contributed by atoms with Crippen LogP contribution >= 0.6 is 0 Å². The van der Waals surface area contributed by atoms with E-state index in [9.17, 15) is 9.18 Å². The number of carbonyl (C=O) groups is 1. The van der Waals surface area contributed by atoms with Crippen molar-refractivity contribution in [3.8, 4) is 16.9 Å². The first-order chi connectivity index (χ1) is 16.7. The Morgan fingerprint density at radius 1 is 0.735 bits per heavy atom. The third kappa shape index (κ3) is 4.56. The average Bonchev–Trinajstić information content (AvgIpc) is 3.30. The second-order valence-corrected chi connectivity index (χ2v) is 7.66. The second-order valence-electron chi connectivity index (χ2n) is 7.66. The number of benzene rings is 4. The lowest BCUT2D eigenvalue weighted by Gasteiger charge is -2.14. The van der Waals surface area contributed by atoms with Crippen LogP contribution in [-0.4, -0.2) is 15.7 Å².